The molecule has 152 valence electrons. The summed E-state index contributed by atoms with van der Waals surface area (Å²) in [6.07, 6.45) is 3.32. The highest BCUT2D eigenvalue weighted by Gasteiger charge is 2.11. The number of para-hydroxylation sites is 1. The molecule has 2 heterocycles. The summed E-state index contributed by atoms with van der Waals surface area (Å²) in [6.45, 7) is 1.97. The molecule has 0 aliphatic heterocycles. The van der Waals surface area contributed by atoms with Crippen LogP contribution in [0.15, 0.2) is 79.1 Å². The van der Waals surface area contributed by atoms with E-state index in [0.29, 0.717) is 17.2 Å². The standard InChI is InChI=1S/C24H20N6O/c1-17-16-30(22-12-11-18(13-25)14-26-22)29-24(17)27-15-23(31)28-21-10-6-5-9-20(21)19-7-3-2-4-8-19/h2-12,14,16H,15H2,1H3,(H,27,29)(H,28,31). The number of benzene rings is 2. The zero-order valence-corrected chi connectivity index (χ0v) is 16.9. The average molecular weight is 408 g/mol. The number of carbonyl (C=O) groups is 1. The van der Waals surface area contributed by atoms with Gasteiger partial charge in [-0.15, -0.1) is 5.10 Å². The number of pyridine rings is 1. The van der Waals surface area contributed by atoms with Crippen molar-refractivity contribution >= 4 is 17.4 Å². The normalized spacial score (nSPS) is 10.3. The van der Waals surface area contributed by atoms with Gasteiger partial charge in [0.2, 0.25) is 5.91 Å². The summed E-state index contributed by atoms with van der Waals surface area (Å²) >= 11 is 0. The Bertz CT molecular complexity index is 1240. The topological polar surface area (TPSA) is 95.6 Å². The van der Waals surface area contributed by atoms with Crippen LogP contribution in [0.2, 0.25) is 0 Å². The lowest BCUT2D eigenvalue weighted by Gasteiger charge is -2.12. The number of carbonyl (C=O) groups excluding carboxylic acids is 1. The molecule has 0 atom stereocenters. The number of amides is 1. The summed E-state index contributed by atoms with van der Waals surface area (Å²) in [4.78, 5) is 16.8. The van der Waals surface area contributed by atoms with E-state index >= 15 is 0 Å². The molecule has 4 rings (SSSR count). The van der Waals surface area contributed by atoms with Gasteiger partial charge >= 0.3 is 0 Å². The fourth-order valence-corrected chi connectivity index (χ4v) is 3.16. The predicted octanol–water partition coefficient (Wildman–Crippen LogP) is 4.17. The minimum atomic E-state index is -0.172. The molecule has 7 nitrogen and oxygen atoms in total. The molecule has 0 unspecified atom stereocenters. The van der Waals surface area contributed by atoms with E-state index in [4.69, 9.17) is 5.26 Å². The Kier molecular flexibility index (Phi) is 5.72. The van der Waals surface area contributed by atoms with Crippen LogP contribution < -0.4 is 10.6 Å². The molecule has 0 aliphatic carbocycles. The maximum absolute atomic E-state index is 12.6. The molecule has 0 aliphatic rings. The largest absolute Gasteiger partial charge is 0.359 e. The highest BCUT2D eigenvalue weighted by molar-refractivity contribution is 5.97. The van der Waals surface area contributed by atoms with E-state index in [1.165, 1.54) is 6.20 Å². The zero-order valence-electron chi connectivity index (χ0n) is 16.9. The molecule has 1 amide bonds. The van der Waals surface area contributed by atoms with Crippen molar-refractivity contribution in [1.29, 1.82) is 5.26 Å². The van der Waals surface area contributed by atoms with E-state index in [9.17, 15) is 4.79 Å². The van der Waals surface area contributed by atoms with Gasteiger partial charge in [-0.3, -0.25) is 4.79 Å². The molecule has 0 fully saturated rings. The van der Waals surface area contributed by atoms with Crippen LogP contribution in [0.4, 0.5) is 11.5 Å². The minimum absolute atomic E-state index is 0.0712. The summed E-state index contributed by atoms with van der Waals surface area (Å²) < 4.78 is 1.61. The van der Waals surface area contributed by atoms with Crippen LogP contribution in [-0.2, 0) is 4.79 Å². The third-order valence-corrected chi connectivity index (χ3v) is 4.71. The molecule has 2 aromatic carbocycles. The number of nitriles is 1. The number of nitrogens with one attached hydrogen (secondary N) is 2. The molecule has 31 heavy (non-hydrogen) atoms. The van der Waals surface area contributed by atoms with Gasteiger partial charge in [0.15, 0.2) is 11.6 Å². The summed E-state index contributed by atoms with van der Waals surface area (Å²) in [5, 5.41) is 19.4. The van der Waals surface area contributed by atoms with Gasteiger partial charge in [0.05, 0.1) is 12.1 Å². The molecular weight excluding hydrogens is 388 g/mol. The van der Waals surface area contributed by atoms with Crippen LogP contribution >= 0.6 is 0 Å². The van der Waals surface area contributed by atoms with Crippen LogP contribution in [0.5, 0.6) is 0 Å². The first kappa shape index (κ1) is 19.9. The first-order valence-electron chi connectivity index (χ1n) is 9.75. The van der Waals surface area contributed by atoms with E-state index < -0.39 is 0 Å². The van der Waals surface area contributed by atoms with Gasteiger partial charge in [-0.05, 0) is 30.7 Å². The van der Waals surface area contributed by atoms with Crippen molar-refractivity contribution in [3.8, 4) is 23.0 Å². The van der Waals surface area contributed by atoms with Crippen molar-refractivity contribution in [3.63, 3.8) is 0 Å². The van der Waals surface area contributed by atoms with Crippen molar-refractivity contribution in [2.45, 2.75) is 6.92 Å². The van der Waals surface area contributed by atoms with E-state index in [-0.39, 0.29) is 12.5 Å². The molecule has 0 saturated carbocycles. The first-order chi connectivity index (χ1) is 15.1. The van der Waals surface area contributed by atoms with E-state index in [1.54, 1.807) is 16.8 Å². The smallest absolute Gasteiger partial charge is 0.243 e. The number of anilines is 2. The van der Waals surface area contributed by atoms with E-state index in [0.717, 1.165) is 22.4 Å². The Morgan fingerprint density at radius 1 is 1.06 bits per heavy atom. The van der Waals surface area contributed by atoms with Gasteiger partial charge in [0.1, 0.15) is 6.07 Å². The lowest BCUT2D eigenvalue weighted by atomic mass is 10.0. The predicted molar refractivity (Wildman–Crippen MR) is 120 cm³/mol. The lowest BCUT2D eigenvalue weighted by Crippen LogP contribution is -2.22. The maximum atomic E-state index is 12.6. The summed E-state index contributed by atoms with van der Waals surface area (Å²) in [7, 11) is 0. The fraction of sp³-hybridized carbons (Fsp3) is 0.0833. The van der Waals surface area contributed by atoms with Crippen molar-refractivity contribution in [1.82, 2.24) is 14.8 Å². The van der Waals surface area contributed by atoms with Crippen LogP contribution in [0.1, 0.15) is 11.1 Å². The monoisotopic (exact) mass is 408 g/mol. The molecule has 0 saturated heterocycles. The number of hydrogen-bond donors (Lipinski definition) is 2. The van der Waals surface area contributed by atoms with Gasteiger partial charge in [-0.1, -0.05) is 48.5 Å². The summed E-state index contributed by atoms with van der Waals surface area (Å²) in [5.41, 5.74) is 4.12. The van der Waals surface area contributed by atoms with Gasteiger partial charge in [0, 0.05) is 29.2 Å². The molecule has 2 aromatic heterocycles. The third kappa shape index (κ3) is 4.60. The highest BCUT2D eigenvalue weighted by Crippen LogP contribution is 2.27. The van der Waals surface area contributed by atoms with Crippen LogP contribution in [0.3, 0.4) is 0 Å². The molecule has 7 heteroatoms. The van der Waals surface area contributed by atoms with E-state index in [2.05, 4.69) is 20.7 Å². The van der Waals surface area contributed by atoms with Gasteiger partial charge in [-0.25, -0.2) is 9.67 Å². The highest BCUT2D eigenvalue weighted by atomic mass is 16.1. The summed E-state index contributed by atoms with van der Waals surface area (Å²) in [6, 6.07) is 23.1. The second-order valence-corrected chi connectivity index (χ2v) is 6.94. The maximum Gasteiger partial charge on any atom is 0.243 e. The Morgan fingerprint density at radius 2 is 1.84 bits per heavy atom. The second kappa shape index (κ2) is 8.93. The molecule has 0 bridgehead atoms. The average Bonchev–Trinajstić information content (AvgIpc) is 3.19. The Hall–Kier alpha value is -4.44. The third-order valence-electron chi connectivity index (χ3n) is 4.71. The van der Waals surface area contributed by atoms with E-state index in [1.807, 2.05) is 73.8 Å². The minimum Gasteiger partial charge on any atom is -0.359 e. The van der Waals surface area contributed by atoms with Crippen molar-refractivity contribution in [2.24, 2.45) is 0 Å². The van der Waals surface area contributed by atoms with Crippen LogP contribution in [0, 0.1) is 18.3 Å². The number of hydrogen-bond acceptors (Lipinski definition) is 5. The molecular formula is C24H20N6O. The number of aromatic nitrogens is 3. The van der Waals surface area contributed by atoms with Crippen LogP contribution in [0.25, 0.3) is 16.9 Å². The zero-order chi connectivity index (χ0) is 21.6. The first-order valence-corrected chi connectivity index (χ1v) is 9.75. The van der Waals surface area contributed by atoms with Gasteiger partial charge < -0.3 is 10.6 Å². The molecule has 4 aromatic rings. The summed E-state index contributed by atoms with van der Waals surface area (Å²) in [5.74, 6) is 1.02. The number of rotatable bonds is 6. The Morgan fingerprint density at radius 3 is 2.58 bits per heavy atom. The van der Waals surface area contributed by atoms with Crippen molar-refractivity contribution in [3.05, 3.63) is 90.3 Å². The molecule has 0 radical (unpaired) electrons. The second-order valence-electron chi connectivity index (χ2n) is 6.94. The van der Waals surface area contributed by atoms with Crippen LogP contribution in [-0.4, -0.2) is 27.2 Å². The quantitative estimate of drug-likeness (QED) is 0.499. The van der Waals surface area contributed by atoms with Crippen molar-refractivity contribution in [2.75, 3.05) is 17.2 Å². The molecule has 2 N–H and O–H groups in total. The Labute approximate surface area is 180 Å². The van der Waals surface area contributed by atoms with Gasteiger partial charge in [-0.2, -0.15) is 5.26 Å². The fourth-order valence-electron chi connectivity index (χ4n) is 3.16. The number of aryl methyl sites for hydroxylation is 1. The van der Waals surface area contributed by atoms with Gasteiger partial charge in [0.25, 0.3) is 0 Å². The molecule has 0 spiro atoms. The number of nitrogens with zero attached hydrogens (tertiary/aromatic N) is 4. The lowest BCUT2D eigenvalue weighted by molar-refractivity contribution is -0.114. The van der Waals surface area contributed by atoms with Crippen molar-refractivity contribution < 1.29 is 4.79 Å². The Balaban J connectivity index is 1.43. The SMILES string of the molecule is Cc1cn(-c2ccc(C#N)cn2)nc1NCC(=O)Nc1ccccc1-c1ccccc1.